The van der Waals surface area contributed by atoms with E-state index in [1.165, 1.54) is 38.5 Å². The lowest BCUT2D eigenvalue weighted by atomic mass is 10.1. The van der Waals surface area contributed by atoms with Gasteiger partial charge in [0.25, 0.3) is 0 Å². The molecule has 0 atom stereocenters. The average Bonchev–Trinajstić information content (AvgIpc) is 2.48. The summed E-state index contributed by atoms with van der Waals surface area (Å²) in [6.07, 6.45) is 8.04. The van der Waals surface area contributed by atoms with Gasteiger partial charge >= 0.3 is 0 Å². The number of methoxy groups -OCH3 is 2. The molecule has 84 valence electrons. The minimum atomic E-state index is -0.0988. The highest BCUT2D eigenvalue weighted by molar-refractivity contribution is 4.70. The fraction of sp³-hybridized carbons (Fsp3) is 1.00. The molecule has 1 rings (SSSR count). The van der Waals surface area contributed by atoms with Gasteiger partial charge in [0.05, 0.1) is 0 Å². The second-order valence-electron chi connectivity index (χ2n) is 4.00. The summed E-state index contributed by atoms with van der Waals surface area (Å²) in [6.45, 7) is 0.803. The number of hydrogen-bond donors (Lipinski definition) is 1. The van der Waals surface area contributed by atoms with Gasteiger partial charge in [0, 0.05) is 26.8 Å². The number of hydrogen-bond acceptors (Lipinski definition) is 3. The number of ether oxygens (including phenoxy) is 2. The van der Waals surface area contributed by atoms with Crippen molar-refractivity contribution in [2.24, 2.45) is 0 Å². The molecule has 1 fully saturated rings. The largest absolute Gasteiger partial charge is 0.355 e. The predicted molar refractivity (Wildman–Crippen MR) is 57.3 cm³/mol. The molecule has 1 N–H and O–H groups in total. The van der Waals surface area contributed by atoms with Crippen LogP contribution < -0.4 is 5.32 Å². The van der Waals surface area contributed by atoms with E-state index < -0.39 is 0 Å². The Kier molecular flexibility index (Phi) is 6.15. The third kappa shape index (κ3) is 4.40. The molecule has 1 aliphatic rings. The Balaban J connectivity index is 2.14. The van der Waals surface area contributed by atoms with E-state index >= 15 is 0 Å². The van der Waals surface area contributed by atoms with Gasteiger partial charge in [0.15, 0.2) is 6.29 Å². The molecule has 0 radical (unpaired) electrons. The van der Waals surface area contributed by atoms with Crippen molar-refractivity contribution in [1.82, 2.24) is 5.32 Å². The van der Waals surface area contributed by atoms with Gasteiger partial charge in [-0.15, -0.1) is 0 Å². The van der Waals surface area contributed by atoms with E-state index in [4.69, 9.17) is 9.47 Å². The number of rotatable bonds is 5. The fourth-order valence-corrected chi connectivity index (χ4v) is 2.01. The van der Waals surface area contributed by atoms with Crippen LogP contribution in [0.1, 0.15) is 38.5 Å². The fourth-order valence-electron chi connectivity index (χ4n) is 2.01. The van der Waals surface area contributed by atoms with Crippen molar-refractivity contribution < 1.29 is 9.47 Å². The Bertz CT molecular complexity index is 129. The number of nitrogens with one attached hydrogen (secondary N) is 1. The first-order valence-electron chi connectivity index (χ1n) is 5.65. The van der Waals surface area contributed by atoms with Crippen LogP contribution in [0, 0.1) is 0 Å². The highest BCUT2D eigenvalue weighted by Gasteiger charge is 2.13. The van der Waals surface area contributed by atoms with E-state index in [0.717, 1.165) is 6.54 Å². The summed E-state index contributed by atoms with van der Waals surface area (Å²) >= 11 is 0. The topological polar surface area (TPSA) is 30.5 Å². The first-order valence-corrected chi connectivity index (χ1v) is 5.65. The molecular weight excluding hydrogens is 178 g/mol. The van der Waals surface area contributed by atoms with Crippen LogP contribution in [0.3, 0.4) is 0 Å². The van der Waals surface area contributed by atoms with Gasteiger partial charge in [-0.05, 0) is 12.8 Å². The zero-order valence-electron chi connectivity index (χ0n) is 9.42. The molecule has 0 amide bonds. The Labute approximate surface area is 87.2 Å². The van der Waals surface area contributed by atoms with Gasteiger partial charge in [0.2, 0.25) is 0 Å². The SMILES string of the molecule is COC(CNC1CCCCCC1)OC. The Morgan fingerprint density at radius 1 is 1.07 bits per heavy atom. The third-order valence-corrected chi connectivity index (χ3v) is 2.95. The maximum atomic E-state index is 5.14. The minimum absolute atomic E-state index is 0.0988. The zero-order valence-corrected chi connectivity index (χ0v) is 9.42. The smallest absolute Gasteiger partial charge is 0.169 e. The highest BCUT2D eigenvalue weighted by Crippen LogP contribution is 2.17. The summed E-state index contributed by atoms with van der Waals surface area (Å²) in [7, 11) is 3.37. The first-order chi connectivity index (χ1) is 6.86. The van der Waals surface area contributed by atoms with E-state index in [1.807, 2.05) is 0 Å². The molecule has 0 unspecified atom stereocenters. The van der Waals surface area contributed by atoms with Crippen molar-refractivity contribution >= 4 is 0 Å². The van der Waals surface area contributed by atoms with Crippen molar-refractivity contribution in [2.45, 2.75) is 50.9 Å². The lowest BCUT2D eigenvalue weighted by Crippen LogP contribution is -2.36. The summed E-state index contributed by atoms with van der Waals surface area (Å²) in [5, 5.41) is 3.51. The molecule has 0 heterocycles. The highest BCUT2D eigenvalue weighted by atomic mass is 16.7. The van der Waals surface area contributed by atoms with Gasteiger partial charge in [-0.25, -0.2) is 0 Å². The summed E-state index contributed by atoms with van der Waals surface area (Å²) in [5.74, 6) is 0. The van der Waals surface area contributed by atoms with E-state index in [0.29, 0.717) is 6.04 Å². The van der Waals surface area contributed by atoms with Crippen LogP contribution in [0.2, 0.25) is 0 Å². The molecule has 0 spiro atoms. The molecule has 0 aromatic rings. The van der Waals surface area contributed by atoms with Gasteiger partial charge in [-0.1, -0.05) is 25.7 Å². The summed E-state index contributed by atoms with van der Waals surface area (Å²) in [4.78, 5) is 0. The second-order valence-corrected chi connectivity index (χ2v) is 4.00. The van der Waals surface area contributed by atoms with Gasteiger partial charge < -0.3 is 14.8 Å². The van der Waals surface area contributed by atoms with Crippen LogP contribution in [0.4, 0.5) is 0 Å². The average molecular weight is 201 g/mol. The summed E-state index contributed by atoms with van der Waals surface area (Å²) < 4.78 is 10.3. The monoisotopic (exact) mass is 201 g/mol. The summed E-state index contributed by atoms with van der Waals surface area (Å²) in [6, 6.07) is 0.672. The van der Waals surface area contributed by atoms with E-state index in [-0.39, 0.29) is 6.29 Å². The van der Waals surface area contributed by atoms with Crippen molar-refractivity contribution in [3.05, 3.63) is 0 Å². The molecular formula is C11H23NO2. The maximum Gasteiger partial charge on any atom is 0.169 e. The third-order valence-electron chi connectivity index (χ3n) is 2.95. The van der Waals surface area contributed by atoms with Crippen LogP contribution in [-0.2, 0) is 9.47 Å². The standard InChI is InChI=1S/C11H23NO2/c1-13-11(14-2)9-12-10-7-5-3-4-6-8-10/h10-12H,3-9H2,1-2H3. The van der Waals surface area contributed by atoms with Crippen LogP contribution in [0.15, 0.2) is 0 Å². The molecule has 0 aromatic carbocycles. The van der Waals surface area contributed by atoms with Crippen molar-refractivity contribution in [1.29, 1.82) is 0 Å². The lowest BCUT2D eigenvalue weighted by molar-refractivity contribution is -0.1000. The van der Waals surface area contributed by atoms with Crippen LogP contribution in [0.25, 0.3) is 0 Å². The molecule has 3 nitrogen and oxygen atoms in total. The Hall–Kier alpha value is -0.120. The van der Waals surface area contributed by atoms with Crippen LogP contribution in [0.5, 0.6) is 0 Å². The normalized spacial score (nSPS) is 19.9. The van der Waals surface area contributed by atoms with Gasteiger partial charge in [-0.2, -0.15) is 0 Å². The maximum absolute atomic E-state index is 5.14. The minimum Gasteiger partial charge on any atom is -0.355 e. The quantitative estimate of drug-likeness (QED) is 0.544. The molecule has 1 saturated carbocycles. The molecule has 3 heteroatoms. The predicted octanol–water partition coefficient (Wildman–Crippen LogP) is 1.92. The van der Waals surface area contributed by atoms with E-state index in [9.17, 15) is 0 Å². The Morgan fingerprint density at radius 2 is 1.64 bits per heavy atom. The molecule has 0 aromatic heterocycles. The molecule has 0 aliphatic heterocycles. The van der Waals surface area contributed by atoms with Crippen LogP contribution in [-0.4, -0.2) is 33.1 Å². The molecule has 14 heavy (non-hydrogen) atoms. The molecule has 1 aliphatic carbocycles. The Morgan fingerprint density at radius 3 is 2.14 bits per heavy atom. The molecule has 0 saturated heterocycles. The van der Waals surface area contributed by atoms with E-state index in [2.05, 4.69) is 5.32 Å². The van der Waals surface area contributed by atoms with Crippen LogP contribution >= 0.6 is 0 Å². The van der Waals surface area contributed by atoms with Crippen molar-refractivity contribution in [2.75, 3.05) is 20.8 Å². The first kappa shape index (κ1) is 12.0. The van der Waals surface area contributed by atoms with Gasteiger partial charge in [-0.3, -0.25) is 0 Å². The van der Waals surface area contributed by atoms with Crippen molar-refractivity contribution in [3.8, 4) is 0 Å². The molecule has 0 bridgehead atoms. The van der Waals surface area contributed by atoms with E-state index in [1.54, 1.807) is 14.2 Å². The zero-order chi connectivity index (χ0) is 10.2. The summed E-state index contributed by atoms with van der Waals surface area (Å²) in [5.41, 5.74) is 0. The van der Waals surface area contributed by atoms with Gasteiger partial charge in [0.1, 0.15) is 0 Å². The lowest BCUT2D eigenvalue weighted by Gasteiger charge is -2.20. The second kappa shape index (κ2) is 7.21. The van der Waals surface area contributed by atoms with Crippen molar-refractivity contribution in [3.63, 3.8) is 0 Å².